The van der Waals surface area contributed by atoms with Crippen LogP contribution in [0.1, 0.15) is 44.5 Å². The standard InChI is InChI=1S/C52H44O/c1-29-31(3)35(7)49-47(33(29)5)51(39-23-25-41(37-17-11-9-12-18-37)43(27-39)38-19-13-10-14-20-38)48-34(6)30(2)32(4)36(8)50(48)52(49)40-24-26-46-44(28-40)42-21-15-16-22-45(42)53-46/h9-28H,1-8H3. The van der Waals surface area contributed by atoms with Crippen molar-refractivity contribution in [3.63, 3.8) is 0 Å². The Morgan fingerprint density at radius 1 is 0.302 bits per heavy atom. The number of para-hydroxylation sites is 1. The molecule has 0 aliphatic heterocycles. The second-order valence-corrected chi connectivity index (χ2v) is 15.1. The lowest BCUT2D eigenvalue weighted by Crippen LogP contribution is -2.04. The summed E-state index contributed by atoms with van der Waals surface area (Å²) in [6, 6.07) is 44.1. The van der Waals surface area contributed by atoms with Gasteiger partial charge < -0.3 is 4.42 Å². The summed E-state index contributed by atoms with van der Waals surface area (Å²) in [4.78, 5) is 0. The van der Waals surface area contributed by atoms with E-state index in [-0.39, 0.29) is 0 Å². The van der Waals surface area contributed by atoms with E-state index >= 15 is 0 Å². The molecule has 8 aromatic carbocycles. The molecular weight excluding hydrogens is 641 g/mol. The predicted molar refractivity (Wildman–Crippen MR) is 228 cm³/mol. The molecule has 9 rings (SSSR count). The molecule has 53 heavy (non-hydrogen) atoms. The second kappa shape index (κ2) is 12.3. The molecule has 0 N–H and O–H groups in total. The van der Waals surface area contributed by atoms with Crippen LogP contribution in [0.2, 0.25) is 0 Å². The predicted octanol–water partition coefficient (Wildman–Crippen LogP) is 15.0. The highest BCUT2D eigenvalue weighted by Crippen LogP contribution is 2.52. The van der Waals surface area contributed by atoms with Gasteiger partial charge in [0.2, 0.25) is 0 Å². The third-order valence-corrected chi connectivity index (χ3v) is 12.5. The van der Waals surface area contributed by atoms with E-state index in [1.54, 1.807) is 0 Å². The number of aryl methyl sites for hydroxylation is 4. The van der Waals surface area contributed by atoms with Crippen LogP contribution in [0.5, 0.6) is 0 Å². The summed E-state index contributed by atoms with van der Waals surface area (Å²) in [5.41, 5.74) is 22.7. The fourth-order valence-electron chi connectivity index (χ4n) is 9.01. The van der Waals surface area contributed by atoms with Crippen LogP contribution in [-0.2, 0) is 0 Å². The maximum absolute atomic E-state index is 6.34. The molecular formula is C52H44O. The first-order chi connectivity index (χ1) is 25.7. The number of benzene rings is 8. The smallest absolute Gasteiger partial charge is 0.135 e. The van der Waals surface area contributed by atoms with E-state index in [0.29, 0.717) is 0 Å². The molecule has 0 fully saturated rings. The van der Waals surface area contributed by atoms with Gasteiger partial charge in [-0.15, -0.1) is 0 Å². The van der Waals surface area contributed by atoms with Crippen molar-refractivity contribution in [3.05, 3.63) is 166 Å². The van der Waals surface area contributed by atoms with Gasteiger partial charge in [0.25, 0.3) is 0 Å². The molecule has 0 radical (unpaired) electrons. The molecule has 0 aliphatic rings. The lowest BCUT2D eigenvalue weighted by molar-refractivity contribution is 0.669. The van der Waals surface area contributed by atoms with E-state index in [1.165, 1.54) is 111 Å². The van der Waals surface area contributed by atoms with Crippen LogP contribution in [0.15, 0.2) is 126 Å². The summed E-state index contributed by atoms with van der Waals surface area (Å²) in [6.07, 6.45) is 0. The fraction of sp³-hybridized carbons (Fsp3) is 0.154. The number of furan rings is 1. The van der Waals surface area contributed by atoms with E-state index in [2.05, 4.69) is 177 Å². The SMILES string of the molecule is Cc1c(C)c(C)c2c(-c3ccc4oc5ccccc5c4c3)c3c(C)c(C)c(C)c(C)c3c(-c3ccc(-c4ccccc4)c(-c4ccccc4)c3)c2c1C. The minimum atomic E-state index is 0.923. The Kier molecular flexibility index (Phi) is 7.68. The summed E-state index contributed by atoms with van der Waals surface area (Å²) in [5, 5.41) is 7.70. The fourth-order valence-corrected chi connectivity index (χ4v) is 9.01. The molecule has 0 atom stereocenters. The van der Waals surface area contributed by atoms with E-state index in [1.807, 2.05) is 0 Å². The van der Waals surface area contributed by atoms with Crippen LogP contribution in [0, 0.1) is 55.4 Å². The van der Waals surface area contributed by atoms with Gasteiger partial charge in [0.15, 0.2) is 0 Å². The van der Waals surface area contributed by atoms with Crippen molar-refractivity contribution in [2.75, 3.05) is 0 Å². The number of rotatable bonds is 4. The highest BCUT2D eigenvalue weighted by Gasteiger charge is 2.26. The third kappa shape index (κ3) is 4.91. The van der Waals surface area contributed by atoms with Crippen molar-refractivity contribution in [2.24, 2.45) is 0 Å². The maximum atomic E-state index is 6.34. The Labute approximate surface area is 312 Å². The van der Waals surface area contributed by atoms with Crippen molar-refractivity contribution < 1.29 is 4.42 Å². The van der Waals surface area contributed by atoms with Gasteiger partial charge in [0.05, 0.1) is 0 Å². The minimum absolute atomic E-state index is 0.923. The van der Waals surface area contributed by atoms with Crippen molar-refractivity contribution in [2.45, 2.75) is 55.4 Å². The molecule has 1 aromatic heterocycles. The van der Waals surface area contributed by atoms with Gasteiger partial charge in [-0.25, -0.2) is 0 Å². The van der Waals surface area contributed by atoms with Crippen LogP contribution in [0.3, 0.4) is 0 Å². The van der Waals surface area contributed by atoms with Crippen LogP contribution in [0.4, 0.5) is 0 Å². The molecule has 258 valence electrons. The lowest BCUT2D eigenvalue weighted by Gasteiger charge is -2.27. The normalized spacial score (nSPS) is 11.8. The van der Waals surface area contributed by atoms with Gasteiger partial charge in [-0.1, -0.05) is 97.1 Å². The van der Waals surface area contributed by atoms with Crippen molar-refractivity contribution in [1.29, 1.82) is 0 Å². The second-order valence-electron chi connectivity index (χ2n) is 15.1. The van der Waals surface area contributed by atoms with Crippen LogP contribution in [0.25, 0.3) is 88.0 Å². The van der Waals surface area contributed by atoms with Crippen molar-refractivity contribution in [3.8, 4) is 44.5 Å². The van der Waals surface area contributed by atoms with Crippen LogP contribution in [-0.4, -0.2) is 0 Å². The lowest BCUT2D eigenvalue weighted by atomic mass is 9.76. The van der Waals surface area contributed by atoms with Crippen molar-refractivity contribution >= 4 is 43.5 Å². The topological polar surface area (TPSA) is 13.1 Å². The van der Waals surface area contributed by atoms with Gasteiger partial charge >= 0.3 is 0 Å². The Morgan fingerprint density at radius 2 is 0.717 bits per heavy atom. The van der Waals surface area contributed by atoms with Gasteiger partial charge in [-0.05, 0) is 190 Å². The Bertz CT molecular complexity index is 2860. The zero-order chi connectivity index (χ0) is 36.7. The molecule has 1 nitrogen and oxygen atoms in total. The summed E-state index contributed by atoms with van der Waals surface area (Å²) in [7, 11) is 0. The molecule has 0 amide bonds. The van der Waals surface area contributed by atoms with Crippen LogP contribution < -0.4 is 0 Å². The molecule has 1 heteroatoms. The summed E-state index contributed by atoms with van der Waals surface area (Å²) >= 11 is 0. The first-order valence-corrected chi connectivity index (χ1v) is 18.8. The number of fused-ring (bicyclic) bond motifs is 5. The van der Waals surface area contributed by atoms with Gasteiger partial charge in [-0.2, -0.15) is 0 Å². The first-order valence-electron chi connectivity index (χ1n) is 18.8. The molecule has 0 saturated carbocycles. The monoisotopic (exact) mass is 684 g/mol. The van der Waals surface area contributed by atoms with Gasteiger partial charge in [0, 0.05) is 10.8 Å². The maximum Gasteiger partial charge on any atom is 0.135 e. The Hall–Kier alpha value is -5.92. The number of hydrogen-bond donors (Lipinski definition) is 0. The van der Waals surface area contributed by atoms with Crippen LogP contribution >= 0.6 is 0 Å². The first kappa shape index (κ1) is 33.0. The largest absolute Gasteiger partial charge is 0.456 e. The molecule has 9 aromatic rings. The van der Waals surface area contributed by atoms with E-state index < -0.39 is 0 Å². The van der Waals surface area contributed by atoms with E-state index in [4.69, 9.17) is 4.42 Å². The molecule has 0 unspecified atom stereocenters. The highest BCUT2D eigenvalue weighted by atomic mass is 16.3. The number of hydrogen-bond acceptors (Lipinski definition) is 1. The minimum Gasteiger partial charge on any atom is -0.456 e. The molecule has 0 bridgehead atoms. The Morgan fingerprint density at radius 3 is 1.25 bits per heavy atom. The summed E-state index contributed by atoms with van der Waals surface area (Å²) in [6.45, 7) is 18.6. The average molecular weight is 685 g/mol. The van der Waals surface area contributed by atoms with Gasteiger partial charge in [-0.3, -0.25) is 0 Å². The van der Waals surface area contributed by atoms with E-state index in [0.717, 1.165) is 21.9 Å². The Balaban J connectivity index is 1.50. The summed E-state index contributed by atoms with van der Waals surface area (Å²) in [5.74, 6) is 0. The highest BCUT2D eigenvalue weighted by molar-refractivity contribution is 6.26. The van der Waals surface area contributed by atoms with Crippen molar-refractivity contribution in [1.82, 2.24) is 0 Å². The quantitative estimate of drug-likeness (QED) is 0.168. The zero-order valence-electron chi connectivity index (χ0n) is 32.0. The summed E-state index contributed by atoms with van der Waals surface area (Å²) < 4.78 is 6.34. The molecule has 1 heterocycles. The molecule has 0 spiro atoms. The average Bonchev–Trinajstić information content (AvgIpc) is 3.58. The zero-order valence-corrected chi connectivity index (χ0v) is 32.0. The van der Waals surface area contributed by atoms with Gasteiger partial charge in [0.1, 0.15) is 11.2 Å². The molecule has 0 saturated heterocycles. The molecule has 0 aliphatic carbocycles. The third-order valence-electron chi connectivity index (χ3n) is 12.5. The van der Waals surface area contributed by atoms with E-state index in [9.17, 15) is 0 Å².